The largest absolute Gasteiger partial charge is 0.326 e. The Labute approximate surface area is 107 Å². The second-order valence-electron chi connectivity index (χ2n) is 4.16. The van der Waals surface area contributed by atoms with Gasteiger partial charge in [0.1, 0.15) is 0 Å². The van der Waals surface area contributed by atoms with E-state index in [-0.39, 0.29) is 11.8 Å². The van der Waals surface area contributed by atoms with E-state index < -0.39 is 6.04 Å². The molecule has 2 amide bonds. The molecule has 0 saturated carbocycles. The molecule has 1 rings (SSSR count). The van der Waals surface area contributed by atoms with Gasteiger partial charge in [0.2, 0.25) is 11.8 Å². The van der Waals surface area contributed by atoms with E-state index in [2.05, 4.69) is 10.6 Å². The molecule has 0 spiro atoms. The quantitative estimate of drug-likeness (QED) is 0.758. The van der Waals surface area contributed by atoms with Crippen molar-refractivity contribution in [2.24, 2.45) is 5.73 Å². The summed E-state index contributed by atoms with van der Waals surface area (Å²) in [7, 11) is 0. The van der Waals surface area contributed by atoms with Crippen molar-refractivity contribution in [3.63, 3.8) is 0 Å². The first-order valence-corrected chi connectivity index (χ1v) is 5.91. The van der Waals surface area contributed by atoms with Gasteiger partial charge >= 0.3 is 0 Å². The molecule has 5 nitrogen and oxygen atoms in total. The standard InChI is InChI=1S/C13H19N3O2/c1-4-12(17)15-10-6-5-7-11(8(10)2)16-13(18)9(3)14/h5-7,9H,4,14H2,1-3H3,(H,15,17)(H,16,18). The Morgan fingerprint density at radius 2 is 1.83 bits per heavy atom. The minimum absolute atomic E-state index is 0.0613. The van der Waals surface area contributed by atoms with E-state index in [1.54, 1.807) is 32.0 Å². The first-order chi connectivity index (χ1) is 8.45. The molecule has 0 fully saturated rings. The van der Waals surface area contributed by atoms with Crippen LogP contribution < -0.4 is 16.4 Å². The Morgan fingerprint density at radius 1 is 1.28 bits per heavy atom. The number of carbonyl (C=O) groups excluding carboxylic acids is 2. The smallest absolute Gasteiger partial charge is 0.241 e. The number of benzene rings is 1. The van der Waals surface area contributed by atoms with E-state index in [0.717, 1.165) is 5.56 Å². The fourth-order valence-corrected chi connectivity index (χ4v) is 1.39. The number of nitrogens with two attached hydrogens (primary N) is 1. The van der Waals surface area contributed by atoms with Gasteiger partial charge in [-0.2, -0.15) is 0 Å². The van der Waals surface area contributed by atoms with Crippen molar-refractivity contribution >= 4 is 23.2 Å². The van der Waals surface area contributed by atoms with Gasteiger partial charge in [0, 0.05) is 17.8 Å². The van der Waals surface area contributed by atoms with Crippen LogP contribution in [-0.2, 0) is 9.59 Å². The summed E-state index contributed by atoms with van der Waals surface area (Å²) in [5, 5.41) is 5.51. The predicted octanol–water partition coefficient (Wildman–Crippen LogP) is 1.63. The maximum absolute atomic E-state index is 11.5. The fraction of sp³-hybridized carbons (Fsp3) is 0.385. The molecule has 0 bridgehead atoms. The lowest BCUT2D eigenvalue weighted by Gasteiger charge is -2.14. The lowest BCUT2D eigenvalue weighted by Crippen LogP contribution is -2.32. The second-order valence-corrected chi connectivity index (χ2v) is 4.16. The molecule has 5 heteroatoms. The number of amides is 2. The topological polar surface area (TPSA) is 84.2 Å². The van der Waals surface area contributed by atoms with Crippen LogP contribution in [0.5, 0.6) is 0 Å². The molecule has 4 N–H and O–H groups in total. The second kappa shape index (κ2) is 6.16. The van der Waals surface area contributed by atoms with Crippen LogP contribution in [0.3, 0.4) is 0 Å². The van der Waals surface area contributed by atoms with Crippen LogP contribution in [0.1, 0.15) is 25.8 Å². The van der Waals surface area contributed by atoms with E-state index in [4.69, 9.17) is 5.73 Å². The molecule has 98 valence electrons. The predicted molar refractivity (Wildman–Crippen MR) is 72.4 cm³/mol. The van der Waals surface area contributed by atoms with Crippen LogP contribution in [0.4, 0.5) is 11.4 Å². The van der Waals surface area contributed by atoms with Crippen LogP contribution in [-0.4, -0.2) is 17.9 Å². The normalized spacial score (nSPS) is 11.8. The van der Waals surface area contributed by atoms with Crippen LogP contribution in [0.2, 0.25) is 0 Å². The van der Waals surface area contributed by atoms with Crippen LogP contribution >= 0.6 is 0 Å². The van der Waals surface area contributed by atoms with Crippen molar-refractivity contribution in [3.05, 3.63) is 23.8 Å². The van der Waals surface area contributed by atoms with Gasteiger partial charge in [0.25, 0.3) is 0 Å². The Kier molecular flexibility index (Phi) is 4.85. The first kappa shape index (κ1) is 14.2. The molecule has 0 aromatic heterocycles. The minimum Gasteiger partial charge on any atom is -0.326 e. The summed E-state index contributed by atoms with van der Waals surface area (Å²) in [5.74, 6) is -0.314. The molecular weight excluding hydrogens is 230 g/mol. The Bertz CT molecular complexity index is 456. The van der Waals surface area contributed by atoms with E-state index in [1.165, 1.54) is 0 Å². The van der Waals surface area contributed by atoms with Crippen LogP contribution in [0.15, 0.2) is 18.2 Å². The molecule has 0 saturated heterocycles. The summed E-state index contributed by atoms with van der Waals surface area (Å²) in [4.78, 5) is 22.9. The maximum Gasteiger partial charge on any atom is 0.241 e. The highest BCUT2D eigenvalue weighted by Crippen LogP contribution is 2.23. The number of carbonyl (C=O) groups is 2. The molecule has 1 aromatic carbocycles. The van der Waals surface area contributed by atoms with Gasteiger partial charge in [0.05, 0.1) is 6.04 Å². The molecule has 18 heavy (non-hydrogen) atoms. The highest BCUT2D eigenvalue weighted by Gasteiger charge is 2.11. The summed E-state index contributed by atoms with van der Waals surface area (Å²) in [6.07, 6.45) is 0.413. The minimum atomic E-state index is -0.571. The van der Waals surface area contributed by atoms with Crippen LogP contribution in [0.25, 0.3) is 0 Å². The third kappa shape index (κ3) is 3.56. The van der Waals surface area contributed by atoms with E-state index in [9.17, 15) is 9.59 Å². The van der Waals surface area contributed by atoms with Crippen molar-refractivity contribution in [2.45, 2.75) is 33.2 Å². The van der Waals surface area contributed by atoms with E-state index in [1.807, 2.05) is 6.92 Å². The lowest BCUT2D eigenvalue weighted by molar-refractivity contribution is -0.117. The number of hydrogen-bond donors (Lipinski definition) is 3. The molecule has 0 radical (unpaired) electrons. The maximum atomic E-state index is 11.5. The zero-order valence-corrected chi connectivity index (χ0v) is 10.9. The van der Waals surface area contributed by atoms with Gasteiger partial charge < -0.3 is 16.4 Å². The molecule has 0 aliphatic carbocycles. The van der Waals surface area contributed by atoms with Crippen molar-refractivity contribution in [3.8, 4) is 0 Å². The molecule has 0 aliphatic rings. The summed E-state index contributed by atoms with van der Waals surface area (Å²) >= 11 is 0. The molecular formula is C13H19N3O2. The SMILES string of the molecule is CCC(=O)Nc1cccc(NC(=O)C(C)N)c1C. The van der Waals surface area contributed by atoms with Crippen molar-refractivity contribution in [2.75, 3.05) is 10.6 Å². The monoisotopic (exact) mass is 249 g/mol. The highest BCUT2D eigenvalue weighted by atomic mass is 16.2. The van der Waals surface area contributed by atoms with E-state index >= 15 is 0 Å². The third-order valence-corrected chi connectivity index (χ3v) is 2.60. The number of nitrogens with one attached hydrogen (secondary N) is 2. The number of rotatable bonds is 4. The van der Waals surface area contributed by atoms with Gasteiger partial charge in [-0.05, 0) is 31.5 Å². The third-order valence-electron chi connectivity index (χ3n) is 2.60. The van der Waals surface area contributed by atoms with Gasteiger partial charge in [-0.15, -0.1) is 0 Å². The molecule has 0 heterocycles. The van der Waals surface area contributed by atoms with Gasteiger partial charge in [-0.1, -0.05) is 13.0 Å². The Hall–Kier alpha value is -1.88. The average molecular weight is 249 g/mol. The molecule has 1 atom stereocenters. The van der Waals surface area contributed by atoms with Gasteiger partial charge in [-0.25, -0.2) is 0 Å². The summed E-state index contributed by atoms with van der Waals surface area (Å²) in [6, 6.07) is 4.77. The Balaban J connectivity index is 2.91. The summed E-state index contributed by atoms with van der Waals surface area (Å²) < 4.78 is 0. The zero-order valence-electron chi connectivity index (χ0n) is 10.9. The Morgan fingerprint density at radius 3 is 2.33 bits per heavy atom. The summed E-state index contributed by atoms with van der Waals surface area (Å²) in [5.41, 5.74) is 7.66. The number of anilines is 2. The fourth-order valence-electron chi connectivity index (χ4n) is 1.39. The van der Waals surface area contributed by atoms with Gasteiger partial charge in [0.15, 0.2) is 0 Å². The average Bonchev–Trinajstić information content (AvgIpc) is 2.33. The highest BCUT2D eigenvalue weighted by molar-refractivity contribution is 5.97. The lowest BCUT2D eigenvalue weighted by atomic mass is 10.1. The molecule has 0 aliphatic heterocycles. The van der Waals surface area contributed by atoms with Crippen molar-refractivity contribution in [1.82, 2.24) is 0 Å². The van der Waals surface area contributed by atoms with Gasteiger partial charge in [-0.3, -0.25) is 9.59 Å². The molecule has 1 aromatic rings. The zero-order chi connectivity index (χ0) is 13.7. The van der Waals surface area contributed by atoms with Crippen LogP contribution in [0, 0.1) is 6.92 Å². The van der Waals surface area contributed by atoms with E-state index in [0.29, 0.717) is 17.8 Å². The molecule has 1 unspecified atom stereocenters. The van der Waals surface area contributed by atoms with Crippen molar-refractivity contribution < 1.29 is 9.59 Å². The summed E-state index contributed by atoms with van der Waals surface area (Å²) in [6.45, 7) is 5.24. The first-order valence-electron chi connectivity index (χ1n) is 5.91. The van der Waals surface area contributed by atoms with Crippen molar-refractivity contribution in [1.29, 1.82) is 0 Å². The number of hydrogen-bond acceptors (Lipinski definition) is 3.